The van der Waals surface area contributed by atoms with Crippen molar-refractivity contribution < 1.29 is 26.8 Å². The Hall–Kier alpha value is -0.840. The van der Waals surface area contributed by atoms with Gasteiger partial charge in [0.2, 0.25) is 0 Å². The number of rotatable bonds is 4. The summed E-state index contributed by atoms with van der Waals surface area (Å²) in [5, 5.41) is 0. The van der Waals surface area contributed by atoms with E-state index in [0.29, 0.717) is 5.56 Å². The van der Waals surface area contributed by atoms with Gasteiger partial charge in [-0.15, -0.1) is 13.2 Å². The molecule has 0 aliphatic heterocycles. The van der Waals surface area contributed by atoms with Crippen molar-refractivity contribution in [3.63, 3.8) is 0 Å². The Labute approximate surface area is 84.8 Å². The van der Waals surface area contributed by atoms with Crippen LogP contribution in [0.3, 0.4) is 0 Å². The van der Waals surface area contributed by atoms with Crippen LogP contribution in [0.5, 0.6) is 0 Å². The molecule has 15 heavy (non-hydrogen) atoms. The minimum atomic E-state index is -4.92. The van der Waals surface area contributed by atoms with E-state index in [-0.39, 0.29) is 6.61 Å². The second-order valence-electron chi connectivity index (χ2n) is 2.57. The standard InChI is InChI=1S/C8H8F3O3P/c9-8(10,11)14-15(12)13-6-7-4-2-1-3-5-7/h1-5,15H,6H2. The average Bonchev–Trinajstić information content (AvgIpc) is 2.14. The van der Waals surface area contributed by atoms with E-state index in [1.807, 2.05) is 0 Å². The van der Waals surface area contributed by atoms with Crippen molar-refractivity contribution in [3.8, 4) is 0 Å². The van der Waals surface area contributed by atoms with Crippen LogP contribution < -0.4 is 0 Å². The highest BCUT2D eigenvalue weighted by atomic mass is 31.1. The van der Waals surface area contributed by atoms with E-state index in [1.54, 1.807) is 30.3 Å². The summed E-state index contributed by atoms with van der Waals surface area (Å²) < 4.78 is 52.9. The van der Waals surface area contributed by atoms with Gasteiger partial charge in [-0.3, -0.25) is 4.57 Å². The second-order valence-corrected chi connectivity index (χ2v) is 3.56. The molecule has 1 unspecified atom stereocenters. The molecule has 0 amide bonds. The molecule has 0 saturated heterocycles. The number of hydrogen-bond donors (Lipinski definition) is 0. The van der Waals surface area contributed by atoms with Gasteiger partial charge >= 0.3 is 14.6 Å². The maximum atomic E-state index is 11.6. The Bertz CT molecular complexity index is 326. The van der Waals surface area contributed by atoms with Gasteiger partial charge in [-0.2, -0.15) is 0 Å². The van der Waals surface area contributed by atoms with Crippen LogP contribution in [0.2, 0.25) is 0 Å². The fraction of sp³-hybridized carbons (Fsp3) is 0.250. The number of alkyl halides is 3. The summed E-state index contributed by atoms with van der Waals surface area (Å²) in [5.41, 5.74) is 0.627. The smallest absolute Gasteiger partial charge is 0.306 e. The van der Waals surface area contributed by atoms with Gasteiger partial charge in [0.1, 0.15) is 0 Å². The first kappa shape index (κ1) is 12.2. The summed E-state index contributed by atoms with van der Waals surface area (Å²) in [6, 6.07) is 8.42. The molecular weight excluding hydrogens is 232 g/mol. The first-order valence-corrected chi connectivity index (χ1v) is 5.16. The highest BCUT2D eigenvalue weighted by Crippen LogP contribution is 2.34. The largest absolute Gasteiger partial charge is 0.529 e. The van der Waals surface area contributed by atoms with Crippen LogP contribution in [-0.2, 0) is 20.2 Å². The minimum Gasteiger partial charge on any atom is -0.306 e. The highest BCUT2D eigenvalue weighted by Gasteiger charge is 2.32. The molecule has 0 aliphatic rings. The van der Waals surface area contributed by atoms with Gasteiger partial charge in [-0.25, -0.2) is 4.52 Å². The van der Waals surface area contributed by atoms with E-state index in [0.717, 1.165) is 0 Å². The fourth-order valence-electron chi connectivity index (χ4n) is 0.840. The van der Waals surface area contributed by atoms with Crippen LogP contribution in [0.15, 0.2) is 30.3 Å². The van der Waals surface area contributed by atoms with Crippen LogP contribution in [0.25, 0.3) is 0 Å². The summed E-state index contributed by atoms with van der Waals surface area (Å²) in [4.78, 5) is 0. The maximum absolute atomic E-state index is 11.6. The lowest BCUT2D eigenvalue weighted by Gasteiger charge is -2.07. The molecule has 7 heteroatoms. The molecule has 1 atom stereocenters. The highest BCUT2D eigenvalue weighted by molar-refractivity contribution is 7.33. The van der Waals surface area contributed by atoms with E-state index in [2.05, 4.69) is 9.05 Å². The third-order valence-electron chi connectivity index (χ3n) is 1.40. The van der Waals surface area contributed by atoms with Gasteiger partial charge in [0.25, 0.3) is 0 Å². The molecule has 0 spiro atoms. The Kier molecular flexibility index (Phi) is 4.32. The van der Waals surface area contributed by atoms with Crippen LogP contribution >= 0.6 is 8.25 Å². The molecule has 0 heterocycles. The normalized spacial score (nSPS) is 13.8. The SMILES string of the molecule is O=[PH](OCc1ccccc1)OC(F)(F)F. The Morgan fingerprint density at radius 2 is 1.80 bits per heavy atom. The number of hydrogen-bond acceptors (Lipinski definition) is 3. The van der Waals surface area contributed by atoms with Crippen molar-refractivity contribution in [2.45, 2.75) is 13.0 Å². The third-order valence-corrected chi connectivity index (χ3v) is 2.18. The predicted molar refractivity (Wildman–Crippen MR) is 47.4 cm³/mol. The topological polar surface area (TPSA) is 35.5 Å². The molecule has 3 nitrogen and oxygen atoms in total. The van der Waals surface area contributed by atoms with Gasteiger partial charge in [-0.05, 0) is 5.56 Å². The van der Waals surface area contributed by atoms with Crippen molar-refractivity contribution in [2.24, 2.45) is 0 Å². The van der Waals surface area contributed by atoms with Gasteiger partial charge in [0.05, 0.1) is 6.61 Å². The van der Waals surface area contributed by atoms with E-state index >= 15 is 0 Å². The van der Waals surface area contributed by atoms with Gasteiger partial charge in [-0.1, -0.05) is 30.3 Å². The molecule has 0 aromatic heterocycles. The van der Waals surface area contributed by atoms with Crippen LogP contribution in [0.4, 0.5) is 13.2 Å². The molecular formula is C8H8F3O3P. The van der Waals surface area contributed by atoms with Crippen LogP contribution in [0.1, 0.15) is 5.56 Å². The summed E-state index contributed by atoms with van der Waals surface area (Å²) in [7, 11) is -3.52. The van der Waals surface area contributed by atoms with E-state index in [4.69, 9.17) is 0 Å². The Morgan fingerprint density at radius 3 is 2.33 bits per heavy atom. The average molecular weight is 240 g/mol. The zero-order valence-corrected chi connectivity index (χ0v) is 8.45. The first-order chi connectivity index (χ1) is 6.97. The van der Waals surface area contributed by atoms with Crippen molar-refractivity contribution in [1.29, 1.82) is 0 Å². The third kappa shape index (κ3) is 5.57. The lowest BCUT2D eigenvalue weighted by Crippen LogP contribution is -2.08. The van der Waals surface area contributed by atoms with Gasteiger partial charge in [0, 0.05) is 0 Å². The summed E-state index contributed by atoms with van der Waals surface area (Å²) >= 11 is 0. The van der Waals surface area contributed by atoms with E-state index in [9.17, 15) is 17.7 Å². The summed E-state index contributed by atoms with van der Waals surface area (Å²) in [5.74, 6) is 0. The Balaban J connectivity index is 2.35. The summed E-state index contributed by atoms with van der Waals surface area (Å²) in [6.45, 7) is -0.172. The molecule has 1 rings (SSSR count). The lowest BCUT2D eigenvalue weighted by molar-refractivity contribution is -0.275. The molecule has 0 saturated carbocycles. The molecule has 0 fully saturated rings. The molecule has 1 aromatic carbocycles. The summed E-state index contributed by atoms with van der Waals surface area (Å²) in [6.07, 6.45) is -4.92. The monoisotopic (exact) mass is 240 g/mol. The Morgan fingerprint density at radius 1 is 1.20 bits per heavy atom. The molecule has 1 aromatic rings. The molecule has 0 aliphatic carbocycles. The lowest BCUT2D eigenvalue weighted by atomic mass is 10.2. The van der Waals surface area contributed by atoms with Crippen molar-refractivity contribution in [1.82, 2.24) is 0 Å². The van der Waals surface area contributed by atoms with Gasteiger partial charge in [0.15, 0.2) is 0 Å². The van der Waals surface area contributed by atoms with Crippen LogP contribution in [-0.4, -0.2) is 6.36 Å². The quantitative estimate of drug-likeness (QED) is 0.758. The predicted octanol–water partition coefficient (Wildman–Crippen LogP) is 3.13. The van der Waals surface area contributed by atoms with E-state index in [1.165, 1.54) is 0 Å². The molecule has 84 valence electrons. The molecule has 0 bridgehead atoms. The fourth-order valence-corrected chi connectivity index (χ4v) is 1.37. The number of halogens is 3. The molecule has 0 N–H and O–H groups in total. The second kappa shape index (κ2) is 5.30. The molecule has 0 radical (unpaired) electrons. The zero-order chi connectivity index (χ0) is 11.3. The van der Waals surface area contributed by atoms with Crippen LogP contribution in [0, 0.1) is 0 Å². The van der Waals surface area contributed by atoms with Crippen molar-refractivity contribution in [3.05, 3.63) is 35.9 Å². The zero-order valence-electron chi connectivity index (χ0n) is 7.45. The van der Waals surface area contributed by atoms with Gasteiger partial charge < -0.3 is 4.52 Å². The van der Waals surface area contributed by atoms with Crippen molar-refractivity contribution in [2.75, 3.05) is 0 Å². The minimum absolute atomic E-state index is 0.172. The first-order valence-electron chi connectivity index (χ1n) is 3.94. The van der Waals surface area contributed by atoms with E-state index < -0.39 is 14.6 Å². The van der Waals surface area contributed by atoms with Crippen molar-refractivity contribution >= 4 is 8.25 Å². The number of benzene rings is 1. The maximum Gasteiger partial charge on any atom is 0.529 e.